The second-order valence-corrected chi connectivity index (χ2v) is 9.58. The van der Waals surface area contributed by atoms with Crippen LogP contribution in [0.3, 0.4) is 0 Å². The first-order chi connectivity index (χ1) is 18.2. The Morgan fingerprint density at radius 2 is 1.87 bits per heavy atom. The Hall–Kier alpha value is -3.52. The minimum absolute atomic E-state index is 0.0149. The number of esters is 1. The average Bonchev–Trinajstić information content (AvgIpc) is 2.89. The third kappa shape index (κ3) is 7.74. The summed E-state index contributed by atoms with van der Waals surface area (Å²) in [4.78, 5) is 31.7. The fourth-order valence-corrected chi connectivity index (χ4v) is 4.25. The highest BCUT2D eigenvalue weighted by Crippen LogP contribution is 2.21. The molecule has 3 aromatic rings. The maximum Gasteiger partial charge on any atom is 0.302 e. The van der Waals surface area contributed by atoms with Crippen molar-refractivity contribution in [2.24, 2.45) is 0 Å². The minimum Gasteiger partial charge on any atom is -0.464 e. The number of rotatable bonds is 13. The summed E-state index contributed by atoms with van der Waals surface area (Å²) in [6, 6.07) is 11.0. The molecule has 38 heavy (non-hydrogen) atoms. The van der Waals surface area contributed by atoms with E-state index < -0.39 is 11.8 Å². The van der Waals surface area contributed by atoms with E-state index >= 15 is 0 Å². The van der Waals surface area contributed by atoms with Crippen LogP contribution < -0.4 is 10.9 Å². The lowest BCUT2D eigenvalue weighted by Crippen LogP contribution is -2.27. The number of hydrogen-bond acceptors (Lipinski definition) is 6. The second-order valence-electron chi connectivity index (χ2n) is 9.58. The molecule has 1 N–H and O–H groups in total. The van der Waals surface area contributed by atoms with Crippen LogP contribution in [0.5, 0.6) is 0 Å². The van der Waals surface area contributed by atoms with Crippen LogP contribution in [0.25, 0.3) is 23.1 Å². The summed E-state index contributed by atoms with van der Waals surface area (Å²) < 4.78 is 21.4. The summed E-state index contributed by atoms with van der Waals surface area (Å²) in [7, 11) is 0. The third-order valence-electron chi connectivity index (χ3n) is 6.58. The van der Waals surface area contributed by atoms with E-state index in [-0.39, 0.29) is 24.1 Å². The van der Waals surface area contributed by atoms with E-state index in [0.717, 1.165) is 31.6 Å². The van der Waals surface area contributed by atoms with E-state index in [1.807, 2.05) is 18.2 Å². The number of fused-ring (bicyclic) bond motifs is 1. The summed E-state index contributed by atoms with van der Waals surface area (Å²) >= 11 is 0. The van der Waals surface area contributed by atoms with Gasteiger partial charge in [0.05, 0.1) is 23.1 Å². The van der Waals surface area contributed by atoms with Crippen LogP contribution in [0, 0.1) is 5.82 Å². The molecule has 0 atom stereocenters. The van der Waals surface area contributed by atoms with E-state index in [1.54, 1.807) is 12.1 Å². The van der Waals surface area contributed by atoms with Crippen LogP contribution in [-0.4, -0.2) is 53.2 Å². The molecule has 0 spiro atoms. The summed E-state index contributed by atoms with van der Waals surface area (Å²) in [5.74, 6) is -0.0973. The Morgan fingerprint density at radius 3 is 2.50 bits per heavy atom. The van der Waals surface area contributed by atoms with Gasteiger partial charge in [-0.1, -0.05) is 58.0 Å². The van der Waals surface area contributed by atoms with Gasteiger partial charge in [-0.2, -0.15) is 0 Å². The van der Waals surface area contributed by atoms with Crippen molar-refractivity contribution < 1.29 is 13.9 Å². The fraction of sp³-hybridized carbons (Fsp3) is 0.433. The smallest absolute Gasteiger partial charge is 0.302 e. The summed E-state index contributed by atoms with van der Waals surface area (Å²) in [5, 5.41) is 3.33. The van der Waals surface area contributed by atoms with Gasteiger partial charge in [-0.15, -0.1) is 0 Å². The normalized spacial score (nSPS) is 11.7. The number of aromatic nitrogens is 2. The highest BCUT2D eigenvalue weighted by molar-refractivity contribution is 5.83. The van der Waals surface area contributed by atoms with Gasteiger partial charge in [0.2, 0.25) is 0 Å². The van der Waals surface area contributed by atoms with Crippen LogP contribution in [-0.2, 0) is 16.1 Å². The molecule has 204 valence electrons. The predicted molar refractivity (Wildman–Crippen MR) is 153 cm³/mol. The highest BCUT2D eigenvalue weighted by atomic mass is 19.1. The first-order valence-electron chi connectivity index (χ1n) is 13.3. The summed E-state index contributed by atoms with van der Waals surface area (Å²) in [6.07, 6.45) is 4.52. The van der Waals surface area contributed by atoms with Crippen molar-refractivity contribution in [2.75, 3.05) is 38.1 Å². The molecule has 7 nitrogen and oxygen atoms in total. The molecule has 0 saturated carbocycles. The Kier molecular flexibility index (Phi) is 10.6. The molecule has 1 heterocycles. The number of nitrogens with one attached hydrogen (secondary N) is 1. The highest BCUT2D eigenvalue weighted by Gasteiger charge is 2.14. The number of benzene rings is 2. The molecule has 0 radical (unpaired) electrons. The fourth-order valence-electron chi connectivity index (χ4n) is 4.25. The molecule has 1 aromatic heterocycles. The monoisotopic (exact) mass is 522 g/mol. The zero-order chi connectivity index (χ0) is 27.7. The van der Waals surface area contributed by atoms with Crippen molar-refractivity contribution in [3.63, 3.8) is 0 Å². The zero-order valence-electron chi connectivity index (χ0n) is 23.1. The van der Waals surface area contributed by atoms with Gasteiger partial charge in [-0.25, -0.2) is 9.37 Å². The number of carbonyl (C=O) groups excluding carboxylic acids is 1. The number of carbonyl (C=O) groups is 1. The molecule has 0 fully saturated rings. The largest absolute Gasteiger partial charge is 0.464 e. The SMILES string of the molecule is CCN(CC)CCCNc1cc2nc(/C=C/c3ccc(C(C)C)cc3)n(CCOC(C)=O)c(=O)c2cc1F. The van der Waals surface area contributed by atoms with Gasteiger partial charge in [-0.05, 0) is 61.3 Å². The Labute approximate surface area is 224 Å². The van der Waals surface area contributed by atoms with Crippen LogP contribution >= 0.6 is 0 Å². The lowest BCUT2D eigenvalue weighted by atomic mass is 10.0. The number of halogens is 1. The molecule has 0 amide bonds. The van der Waals surface area contributed by atoms with Gasteiger partial charge in [0.15, 0.2) is 0 Å². The summed E-state index contributed by atoms with van der Waals surface area (Å²) in [5.41, 5.74) is 2.54. The average molecular weight is 523 g/mol. The van der Waals surface area contributed by atoms with Crippen molar-refractivity contribution in [1.29, 1.82) is 0 Å². The van der Waals surface area contributed by atoms with Crippen molar-refractivity contribution in [2.45, 2.75) is 53.5 Å². The maximum atomic E-state index is 14.9. The van der Waals surface area contributed by atoms with Crippen LogP contribution in [0.2, 0.25) is 0 Å². The number of ether oxygens (including phenoxy) is 1. The Balaban J connectivity index is 1.93. The van der Waals surface area contributed by atoms with E-state index in [9.17, 15) is 14.0 Å². The Bertz CT molecular complexity index is 1310. The van der Waals surface area contributed by atoms with Gasteiger partial charge >= 0.3 is 5.97 Å². The van der Waals surface area contributed by atoms with Gasteiger partial charge < -0.3 is 15.0 Å². The van der Waals surface area contributed by atoms with Crippen molar-refractivity contribution >= 4 is 34.7 Å². The molecular formula is C30H39FN4O3. The van der Waals surface area contributed by atoms with Crippen LogP contribution in [0.4, 0.5) is 10.1 Å². The lowest BCUT2D eigenvalue weighted by molar-refractivity contribution is -0.141. The number of nitrogens with zero attached hydrogens (tertiary/aromatic N) is 3. The van der Waals surface area contributed by atoms with Gasteiger partial charge in [-0.3, -0.25) is 14.2 Å². The molecule has 0 unspecified atom stereocenters. The predicted octanol–water partition coefficient (Wildman–Crippen LogP) is 5.54. The van der Waals surface area contributed by atoms with Crippen molar-refractivity contribution in [3.8, 4) is 0 Å². The zero-order valence-corrected chi connectivity index (χ0v) is 23.1. The van der Waals surface area contributed by atoms with E-state index in [0.29, 0.717) is 29.5 Å². The van der Waals surface area contributed by atoms with Gasteiger partial charge in [0.1, 0.15) is 18.2 Å². The molecule has 0 aliphatic heterocycles. The van der Waals surface area contributed by atoms with E-state index in [2.05, 4.69) is 50.0 Å². The standard InChI is InChI=1S/C30H39FN4O3/c1-6-34(7-2)16-8-15-32-28-20-27-25(19-26(28)31)30(37)35(17-18-38-22(5)36)29(33-27)14-11-23-9-12-24(13-10-23)21(3)4/h9-14,19-21,32H,6-8,15-18H2,1-5H3/b14-11+. The molecule has 0 aliphatic carbocycles. The summed E-state index contributed by atoms with van der Waals surface area (Å²) in [6.45, 7) is 13.5. The van der Waals surface area contributed by atoms with Crippen molar-refractivity contribution in [3.05, 3.63) is 69.5 Å². The molecule has 8 heteroatoms. The maximum absolute atomic E-state index is 14.9. The van der Waals surface area contributed by atoms with Crippen LogP contribution in [0.15, 0.2) is 41.2 Å². The van der Waals surface area contributed by atoms with Crippen molar-refractivity contribution in [1.82, 2.24) is 14.5 Å². The Morgan fingerprint density at radius 1 is 1.16 bits per heavy atom. The molecule has 3 rings (SSSR count). The molecule has 0 saturated heterocycles. The first kappa shape index (κ1) is 29.0. The lowest BCUT2D eigenvalue weighted by Gasteiger charge is -2.18. The third-order valence-corrected chi connectivity index (χ3v) is 6.58. The molecule has 0 aliphatic rings. The molecule has 2 aromatic carbocycles. The van der Waals surface area contributed by atoms with Gasteiger partial charge in [0, 0.05) is 13.5 Å². The van der Waals surface area contributed by atoms with Crippen LogP contribution in [0.1, 0.15) is 63.9 Å². The van der Waals surface area contributed by atoms with E-state index in [4.69, 9.17) is 9.72 Å². The number of anilines is 1. The number of hydrogen-bond donors (Lipinski definition) is 1. The first-order valence-corrected chi connectivity index (χ1v) is 13.3. The second kappa shape index (κ2) is 13.9. The topological polar surface area (TPSA) is 76.5 Å². The quantitative estimate of drug-likeness (QED) is 0.235. The van der Waals surface area contributed by atoms with E-state index in [1.165, 1.54) is 23.1 Å². The molecular weight excluding hydrogens is 483 g/mol. The minimum atomic E-state index is -0.501. The van der Waals surface area contributed by atoms with Gasteiger partial charge in [0.25, 0.3) is 5.56 Å². The molecule has 0 bridgehead atoms.